The number of benzene rings is 1. The molecule has 16 heavy (non-hydrogen) atoms. The highest BCUT2D eigenvalue weighted by Gasteiger charge is 2.28. The Morgan fingerprint density at radius 1 is 1.44 bits per heavy atom. The molecule has 4 nitrogen and oxygen atoms in total. The summed E-state index contributed by atoms with van der Waals surface area (Å²) < 4.78 is 0. The second-order valence-corrected chi connectivity index (χ2v) is 4.15. The molecule has 0 saturated carbocycles. The van der Waals surface area contributed by atoms with Gasteiger partial charge in [0.2, 0.25) is 5.91 Å². The van der Waals surface area contributed by atoms with Crippen LogP contribution >= 0.6 is 0 Å². The predicted molar refractivity (Wildman–Crippen MR) is 61.0 cm³/mol. The van der Waals surface area contributed by atoms with Gasteiger partial charge in [-0.3, -0.25) is 4.79 Å². The summed E-state index contributed by atoms with van der Waals surface area (Å²) in [6, 6.07) is 6.95. The summed E-state index contributed by atoms with van der Waals surface area (Å²) >= 11 is 0. The Balaban J connectivity index is 1.88. The van der Waals surface area contributed by atoms with Crippen molar-refractivity contribution in [2.24, 2.45) is 0 Å². The third-order valence-electron chi connectivity index (χ3n) is 2.92. The van der Waals surface area contributed by atoms with Crippen molar-refractivity contribution in [1.82, 2.24) is 10.2 Å². The van der Waals surface area contributed by atoms with Crippen LogP contribution in [0.4, 0.5) is 0 Å². The molecule has 2 N–H and O–H groups in total. The van der Waals surface area contributed by atoms with Crippen LogP contribution in [0.1, 0.15) is 12.0 Å². The zero-order valence-corrected chi connectivity index (χ0v) is 9.31. The topological polar surface area (TPSA) is 52.6 Å². The monoisotopic (exact) mass is 220 g/mol. The molecule has 1 unspecified atom stereocenters. The zero-order valence-electron chi connectivity index (χ0n) is 9.31. The smallest absolute Gasteiger partial charge is 0.239 e. The van der Waals surface area contributed by atoms with E-state index in [0.29, 0.717) is 6.54 Å². The van der Waals surface area contributed by atoms with E-state index in [9.17, 15) is 4.79 Å². The summed E-state index contributed by atoms with van der Waals surface area (Å²) in [6.45, 7) is 1.48. The van der Waals surface area contributed by atoms with Crippen LogP contribution in [-0.4, -0.2) is 35.5 Å². The largest absolute Gasteiger partial charge is 0.508 e. The van der Waals surface area contributed by atoms with Gasteiger partial charge >= 0.3 is 0 Å². The second-order valence-electron chi connectivity index (χ2n) is 4.15. The first-order valence-electron chi connectivity index (χ1n) is 5.43. The Kier molecular flexibility index (Phi) is 3.10. The molecule has 1 atom stereocenters. The summed E-state index contributed by atoms with van der Waals surface area (Å²) in [5.74, 6) is 0.430. The summed E-state index contributed by atoms with van der Waals surface area (Å²) in [4.78, 5) is 13.3. The van der Waals surface area contributed by atoms with Gasteiger partial charge in [-0.25, -0.2) is 0 Å². The lowest BCUT2D eigenvalue weighted by atomic mass is 10.2. The molecule has 1 saturated heterocycles. The molecule has 1 aromatic carbocycles. The van der Waals surface area contributed by atoms with Crippen LogP contribution in [0.2, 0.25) is 0 Å². The van der Waals surface area contributed by atoms with Gasteiger partial charge in [0.15, 0.2) is 0 Å². The molecule has 0 spiro atoms. The molecular weight excluding hydrogens is 204 g/mol. The Bertz CT molecular complexity index is 375. The van der Waals surface area contributed by atoms with Crippen LogP contribution < -0.4 is 5.32 Å². The molecule has 1 fully saturated rings. The molecule has 0 radical (unpaired) electrons. The molecule has 0 aromatic heterocycles. The van der Waals surface area contributed by atoms with E-state index < -0.39 is 0 Å². The van der Waals surface area contributed by atoms with Crippen molar-refractivity contribution in [3.63, 3.8) is 0 Å². The van der Waals surface area contributed by atoms with E-state index in [0.717, 1.165) is 18.5 Å². The van der Waals surface area contributed by atoms with E-state index >= 15 is 0 Å². The van der Waals surface area contributed by atoms with Gasteiger partial charge in [0, 0.05) is 20.1 Å². The van der Waals surface area contributed by atoms with E-state index in [2.05, 4.69) is 5.32 Å². The molecule has 1 aromatic rings. The van der Waals surface area contributed by atoms with Crippen molar-refractivity contribution in [1.29, 1.82) is 0 Å². The highest BCUT2D eigenvalue weighted by molar-refractivity contribution is 5.83. The second kappa shape index (κ2) is 4.53. The standard InChI is InChI=1S/C12H16N2O2/c1-14-7-6-11(12(14)16)13-8-9-2-4-10(15)5-3-9/h2-5,11,13,15H,6-8H2,1H3. The normalized spacial score (nSPS) is 20.4. The molecule has 1 aliphatic heterocycles. The summed E-state index contributed by atoms with van der Waals surface area (Å²) in [7, 11) is 1.82. The van der Waals surface area contributed by atoms with Crippen LogP contribution in [0.25, 0.3) is 0 Å². The van der Waals surface area contributed by atoms with Crippen LogP contribution in [0.15, 0.2) is 24.3 Å². The Labute approximate surface area is 94.9 Å². The number of phenols is 1. The number of aromatic hydroxyl groups is 1. The number of hydrogen-bond acceptors (Lipinski definition) is 3. The molecule has 4 heteroatoms. The van der Waals surface area contributed by atoms with E-state index in [1.165, 1.54) is 0 Å². The van der Waals surface area contributed by atoms with Crippen LogP contribution in [-0.2, 0) is 11.3 Å². The first-order valence-corrected chi connectivity index (χ1v) is 5.43. The Morgan fingerprint density at radius 2 is 2.12 bits per heavy atom. The number of nitrogens with one attached hydrogen (secondary N) is 1. The first-order chi connectivity index (χ1) is 7.66. The van der Waals surface area contributed by atoms with Gasteiger partial charge in [0.1, 0.15) is 5.75 Å². The van der Waals surface area contributed by atoms with Crippen molar-refractivity contribution in [3.8, 4) is 5.75 Å². The number of carbonyl (C=O) groups is 1. The van der Waals surface area contributed by atoms with Gasteiger partial charge in [-0.05, 0) is 24.1 Å². The van der Waals surface area contributed by atoms with Crippen LogP contribution in [0.5, 0.6) is 5.75 Å². The fourth-order valence-corrected chi connectivity index (χ4v) is 1.87. The van der Waals surface area contributed by atoms with Crippen molar-refractivity contribution in [2.75, 3.05) is 13.6 Å². The van der Waals surface area contributed by atoms with Crippen molar-refractivity contribution in [2.45, 2.75) is 19.0 Å². The minimum atomic E-state index is -0.0567. The highest BCUT2D eigenvalue weighted by atomic mass is 16.3. The SMILES string of the molecule is CN1CCC(NCc2ccc(O)cc2)C1=O. The van der Waals surface area contributed by atoms with Gasteiger partial charge in [-0.2, -0.15) is 0 Å². The number of amides is 1. The van der Waals surface area contributed by atoms with Crippen molar-refractivity contribution >= 4 is 5.91 Å². The number of rotatable bonds is 3. The molecule has 1 heterocycles. The molecule has 0 aliphatic carbocycles. The van der Waals surface area contributed by atoms with Gasteiger partial charge < -0.3 is 15.3 Å². The maximum absolute atomic E-state index is 11.6. The van der Waals surface area contributed by atoms with E-state index in [-0.39, 0.29) is 17.7 Å². The van der Waals surface area contributed by atoms with Gasteiger partial charge in [0.25, 0.3) is 0 Å². The molecule has 86 valence electrons. The Morgan fingerprint density at radius 3 is 2.69 bits per heavy atom. The minimum absolute atomic E-state index is 0.0567. The molecule has 1 amide bonds. The molecule has 2 rings (SSSR count). The zero-order chi connectivity index (χ0) is 11.5. The first kappa shape index (κ1) is 11.0. The maximum atomic E-state index is 11.6. The van der Waals surface area contributed by atoms with Crippen molar-refractivity contribution in [3.05, 3.63) is 29.8 Å². The van der Waals surface area contributed by atoms with Crippen LogP contribution in [0, 0.1) is 0 Å². The lowest BCUT2D eigenvalue weighted by Crippen LogP contribution is -2.36. The number of phenolic OH excluding ortho intramolecular Hbond substituents is 1. The van der Waals surface area contributed by atoms with Gasteiger partial charge in [-0.1, -0.05) is 12.1 Å². The molecule has 0 bridgehead atoms. The summed E-state index contributed by atoms with van der Waals surface area (Å²) in [5.41, 5.74) is 1.07. The van der Waals surface area contributed by atoms with Gasteiger partial charge in [0.05, 0.1) is 6.04 Å². The van der Waals surface area contributed by atoms with Crippen molar-refractivity contribution < 1.29 is 9.90 Å². The fraction of sp³-hybridized carbons (Fsp3) is 0.417. The number of likely N-dealkylation sites (tertiary alicyclic amines) is 1. The number of carbonyl (C=O) groups excluding carboxylic acids is 1. The highest BCUT2D eigenvalue weighted by Crippen LogP contribution is 2.12. The van der Waals surface area contributed by atoms with E-state index in [4.69, 9.17) is 5.11 Å². The number of likely N-dealkylation sites (N-methyl/N-ethyl adjacent to an activating group) is 1. The maximum Gasteiger partial charge on any atom is 0.239 e. The van der Waals surface area contributed by atoms with Crippen LogP contribution in [0.3, 0.4) is 0 Å². The third-order valence-corrected chi connectivity index (χ3v) is 2.92. The van der Waals surface area contributed by atoms with Gasteiger partial charge in [-0.15, -0.1) is 0 Å². The Hall–Kier alpha value is -1.55. The minimum Gasteiger partial charge on any atom is -0.508 e. The lowest BCUT2D eigenvalue weighted by Gasteiger charge is -2.12. The summed E-state index contributed by atoms with van der Waals surface area (Å²) in [5, 5.41) is 12.4. The summed E-state index contributed by atoms with van der Waals surface area (Å²) in [6.07, 6.45) is 0.868. The number of hydrogen-bond donors (Lipinski definition) is 2. The third kappa shape index (κ3) is 2.33. The average molecular weight is 220 g/mol. The lowest BCUT2D eigenvalue weighted by molar-refractivity contribution is -0.128. The molecular formula is C12H16N2O2. The van der Waals surface area contributed by atoms with E-state index in [1.54, 1.807) is 17.0 Å². The average Bonchev–Trinajstić information content (AvgIpc) is 2.60. The number of nitrogens with zero attached hydrogens (tertiary/aromatic N) is 1. The quantitative estimate of drug-likeness (QED) is 0.789. The van der Waals surface area contributed by atoms with E-state index in [1.807, 2.05) is 19.2 Å². The predicted octanol–water partition coefficient (Wildman–Crippen LogP) is 0.712. The molecule has 1 aliphatic rings. The fourth-order valence-electron chi connectivity index (χ4n) is 1.87.